The van der Waals surface area contributed by atoms with Gasteiger partial charge in [0.1, 0.15) is 0 Å². The van der Waals surface area contributed by atoms with E-state index in [9.17, 15) is 4.79 Å². The van der Waals surface area contributed by atoms with E-state index in [1.165, 1.54) is 11.3 Å². The molecule has 0 bridgehead atoms. The van der Waals surface area contributed by atoms with E-state index in [-0.39, 0.29) is 5.69 Å². The predicted octanol–water partition coefficient (Wildman–Crippen LogP) is 0.535. The second kappa shape index (κ2) is 6.57. The van der Waals surface area contributed by atoms with E-state index in [4.69, 9.17) is 5.11 Å². The number of carboxylic acid groups (broad SMARTS) is 1. The van der Waals surface area contributed by atoms with Gasteiger partial charge in [-0.15, -0.1) is 11.3 Å². The average molecular weight is 243 g/mol. The van der Waals surface area contributed by atoms with E-state index in [0.29, 0.717) is 0 Å². The van der Waals surface area contributed by atoms with Crippen molar-refractivity contribution in [3.8, 4) is 0 Å². The summed E-state index contributed by atoms with van der Waals surface area (Å²) in [6.45, 7) is 2.77. The molecule has 2 N–H and O–H groups in total. The molecule has 0 saturated heterocycles. The van der Waals surface area contributed by atoms with Crippen LogP contribution in [0.3, 0.4) is 0 Å². The third-order valence-electron chi connectivity index (χ3n) is 2.02. The van der Waals surface area contributed by atoms with Crippen LogP contribution in [0.5, 0.6) is 0 Å². The van der Waals surface area contributed by atoms with Gasteiger partial charge in [-0.3, -0.25) is 0 Å². The van der Waals surface area contributed by atoms with Crippen LogP contribution in [0.2, 0.25) is 0 Å². The third-order valence-corrected chi connectivity index (χ3v) is 2.93. The lowest BCUT2D eigenvalue weighted by Crippen LogP contribution is -2.27. The number of carbonyl (C=O) groups is 1. The van der Waals surface area contributed by atoms with Crippen LogP contribution in [-0.2, 0) is 6.42 Å². The monoisotopic (exact) mass is 243 g/mol. The smallest absolute Gasteiger partial charge is 0.355 e. The summed E-state index contributed by atoms with van der Waals surface area (Å²) in [5.41, 5.74) is 0.147. The van der Waals surface area contributed by atoms with Gasteiger partial charge in [0.15, 0.2) is 5.69 Å². The Kier molecular flexibility index (Phi) is 5.37. The van der Waals surface area contributed by atoms with Crippen molar-refractivity contribution in [3.05, 3.63) is 16.1 Å². The molecular weight excluding hydrogens is 226 g/mol. The van der Waals surface area contributed by atoms with Crippen molar-refractivity contribution in [1.82, 2.24) is 15.2 Å². The largest absolute Gasteiger partial charge is 0.476 e. The van der Waals surface area contributed by atoms with Crippen molar-refractivity contribution in [3.63, 3.8) is 0 Å². The van der Waals surface area contributed by atoms with Gasteiger partial charge in [-0.25, -0.2) is 9.78 Å². The van der Waals surface area contributed by atoms with Gasteiger partial charge >= 0.3 is 5.97 Å². The van der Waals surface area contributed by atoms with Crippen molar-refractivity contribution in [2.24, 2.45) is 0 Å². The number of hydrogen-bond acceptors (Lipinski definition) is 5. The fourth-order valence-electron chi connectivity index (χ4n) is 1.15. The first-order valence-corrected chi connectivity index (χ1v) is 6.00. The van der Waals surface area contributed by atoms with Crippen LogP contribution in [0, 0.1) is 0 Å². The Balaban J connectivity index is 2.19. The van der Waals surface area contributed by atoms with E-state index in [0.717, 1.165) is 31.1 Å². The quantitative estimate of drug-likeness (QED) is 0.684. The van der Waals surface area contributed by atoms with Crippen LogP contribution < -0.4 is 5.32 Å². The summed E-state index contributed by atoms with van der Waals surface area (Å²) in [6, 6.07) is 0. The molecule has 90 valence electrons. The zero-order valence-corrected chi connectivity index (χ0v) is 10.4. The molecule has 0 aliphatic rings. The molecule has 1 aromatic rings. The molecule has 0 unspecified atom stereocenters. The molecule has 1 heterocycles. The molecule has 0 atom stereocenters. The van der Waals surface area contributed by atoms with Gasteiger partial charge in [-0.05, 0) is 14.1 Å². The number of thiazole rings is 1. The van der Waals surface area contributed by atoms with Crippen LogP contribution in [0.1, 0.15) is 15.5 Å². The zero-order valence-electron chi connectivity index (χ0n) is 9.56. The van der Waals surface area contributed by atoms with E-state index in [1.54, 1.807) is 5.38 Å². The molecule has 0 aliphatic heterocycles. The maximum atomic E-state index is 10.6. The summed E-state index contributed by atoms with van der Waals surface area (Å²) < 4.78 is 0. The van der Waals surface area contributed by atoms with Crippen molar-refractivity contribution in [1.29, 1.82) is 0 Å². The first-order valence-electron chi connectivity index (χ1n) is 5.12. The van der Waals surface area contributed by atoms with E-state index in [1.807, 2.05) is 14.1 Å². The molecule has 0 radical (unpaired) electrons. The van der Waals surface area contributed by atoms with Crippen LogP contribution in [0.4, 0.5) is 0 Å². The maximum absolute atomic E-state index is 10.6. The zero-order chi connectivity index (χ0) is 12.0. The number of hydrogen-bond donors (Lipinski definition) is 2. The first kappa shape index (κ1) is 13.1. The summed E-state index contributed by atoms with van der Waals surface area (Å²) in [6.07, 6.45) is 0.783. The minimum atomic E-state index is -0.955. The highest BCUT2D eigenvalue weighted by molar-refractivity contribution is 7.09. The van der Waals surface area contributed by atoms with Gasteiger partial charge in [-0.1, -0.05) is 0 Å². The average Bonchev–Trinajstić information content (AvgIpc) is 2.65. The Morgan fingerprint density at radius 2 is 2.31 bits per heavy atom. The van der Waals surface area contributed by atoms with Crippen LogP contribution in [0.25, 0.3) is 0 Å². The fourth-order valence-corrected chi connectivity index (χ4v) is 1.92. The van der Waals surface area contributed by atoms with Crippen molar-refractivity contribution >= 4 is 17.3 Å². The van der Waals surface area contributed by atoms with Gasteiger partial charge in [0.05, 0.1) is 5.01 Å². The summed E-state index contributed by atoms with van der Waals surface area (Å²) in [5, 5.41) is 14.4. The lowest BCUT2D eigenvalue weighted by atomic mass is 10.4. The molecule has 16 heavy (non-hydrogen) atoms. The number of rotatable bonds is 7. The fraction of sp³-hybridized carbons (Fsp3) is 0.600. The summed E-state index contributed by atoms with van der Waals surface area (Å²) in [7, 11) is 4.06. The van der Waals surface area contributed by atoms with Crippen LogP contribution in [-0.4, -0.2) is 54.7 Å². The Hall–Kier alpha value is -0.980. The second-order valence-electron chi connectivity index (χ2n) is 3.73. The minimum Gasteiger partial charge on any atom is -0.476 e. The highest BCUT2D eigenvalue weighted by Crippen LogP contribution is 2.09. The summed E-state index contributed by atoms with van der Waals surface area (Å²) in [5.74, 6) is -0.955. The normalized spacial score (nSPS) is 10.9. The molecule has 0 spiro atoms. The van der Waals surface area contributed by atoms with Gasteiger partial charge in [-0.2, -0.15) is 0 Å². The molecule has 0 amide bonds. The number of aromatic carboxylic acids is 1. The molecule has 1 aromatic heterocycles. The summed E-state index contributed by atoms with van der Waals surface area (Å²) >= 11 is 1.40. The van der Waals surface area contributed by atoms with Crippen molar-refractivity contribution in [2.75, 3.05) is 33.7 Å². The highest BCUT2D eigenvalue weighted by atomic mass is 32.1. The SMILES string of the molecule is CN(C)CCNCCc1nc(C(=O)O)cs1. The topological polar surface area (TPSA) is 65.5 Å². The van der Waals surface area contributed by atoms with Crippen LogP contribution >= 0.6 is 11.3 Å². The minimum absolute atomic E-state index is 0.147. The Morgan fingerprint density at radius 3 is 2.88 bits per heavy atom. The van der Waals surface area contributed by atoms with Gasteiger partial charge in [0.2, 0.25) is 0 Å². The molecule has 6 heteroatoms. The number of nitrogens with zero attached hydrogens (tertiary/aromatic N) is 2. The van der Waals surface area contributed by atoms with Crippen molar-refractivity contribution < 1.29 is 9.90 Å². The Morgan fingerprint density at radius 1 is 1.56 bits per heavy atom. The highest BCUT2D eigenvalue weighted by Gasteiger charge is 2.07. The third kappa shape index (κ3) is 4.69. The number of aromatic nitrogens is 1. The van der Waals surface area contributed by atoms with Gasteiger partial charge in [0, 0.05) is 31.4 Å². The van der Waals surface area contributed by atoms with Gasteiger partial charge < -0.3 is 15.3 Å². The maximum Gasteiger partial charge on any atom is 0.355 e. The molecule has 0 aliphatic carbocycles. The molecule has 5 nitrogen and oxygen atoms in total. The first-order chi connectivity index (χ1) is 7.59. The Bertz CT molecular complexity index is 339. The number of likely N-dealkylation sites (N-methyl/N-ethyl adjacent to an activating group) is 1. The van der Waals surface area contributed by atoms with E-state index >= 15 is 0 Å². The molecular formula is C10H17N3O2S. The lowest BCUT2D eigenvalue weighted by molar-refractivity contribution is 0.0691. The number of carboxylic acids is 1. The van der Waals surface area contributed by atoms with Gasteiger partial charge in [0.25, 0.3) is 0 Å². The van der Waals surface area contributed by atoms with E-state index in [2.05, 4.69) is 15.2 Å². The Labute approximate surface area is 99.1 Å². The summed E-state index contributed by atoms with van der Waals surface area (Å²) in [4.78, 5) is 16.7. The number of nitrogens with one attached hydrogen (secondary N) is 1. The van der Waals surface area contributed by atoms with E-state index < -0.39 is 5.97 Å². The predicted molar refractivity (Wildman–Crippen MR) is 64.2 cm³/mol. The molecule has 0 aromatic carbocycles. The van der Waals surface area contributed by atoms with Crippen LogP contribution in [0.15, 0.2) is 5.38 Å². The lowest BCUT2D eigenvalue weighted by Gasteiger charge is -2.09. The molecule has 0 saturated carbocycles. The molecule has 1 rings (SSSR count). The van der Waals surface area contributed by atoms with Crippen molar-refractivity contribution in [2.45, 2.75) is 6.42 Å². The second-order valence-corrected chi connectivity index (χ2v) is 4.68. The standard InChI is InChI=1S/C10H17N3O2S/c1-13(2)6-5-11-4-3-9-12-8(7-16-9)10(14)15/h7,11H,3-6H2,1-2H3,(H,14,15). The molecule has 0 fully saturated rings.